The van der Waals surface area contributed by atoms with Gasteiger partial charge in [-0.3, -0.25) is 10.1 Å². The molecule has 0 aliphatic rings. The van der Waals surface area contributed by atoms with Gasteiger partial charge in [-0.25, -0.2) is 9.97 Å². The topological polar surface area (TPSA) is 90.2 Å². The summed E-state index contributed by atoms with van der Waals surface area (Å²) in [7, 11) is 1.65. The van der Waals surface area contributed by atoms with Crippen molar-refractivity contribution in [1.82, 2.24) is 9.97 Å². The van der Waals surface area contributed by atoms with Crippen LogP contribution in [0.25, 0.3) is 21.1 Å². The average molecular weight is 537 g/mol. The predicted molar refractivity (Wildman–Crippen MR) is 149 cm³/mol. The summed E-state index contributed by atoms with van der Waals surface area (Å²) in [6.07, 6.45) is 0.606. The van der Waals surface area contributed by atoms with E-state index in [0.717, 1.165) is 43.3 Å². The van der Waals surface area contributed by atoms with E-state index in [9.17, 15) is 10.1 Å². The van der Waals surface area contributed by atoms with Crippen molar-refractivity contribution >= 4 is 44.8 Å². The normalized spacial score (nSPS) is 11.5. The maximum absolute atomic E-state index is 11.0. The third-order valence-electron chi connectivity index (χ3n) is 5.38. The molecule has 10 heteroatoms. The molecule has 3 heterocycles. The summed E-state index contributed by atoms with van der Waals surface area (Å²) in [5.74, 6) is 0.770. The van der Waals surface area contributed by atoms with Crippen LogP contribution in [0.1, 0.15) is 24.7 Å². The van der Waals surface area contributed by atoms with Crippen LogP contribution < -0.4 is 10.1 Å². The third kappa shape index (κ3) is 5.62. The number of para-hydroxylation sites is 1. The van der Waals surface area contributed by atoms with Crippen molar-refractivity contribution in [2.45, 2.75) is 19.9 Å². The molecular formula is C26H24N4O3S3. The van der Waals surface area contributed by atoms with Gasteiger partial charge in [-0.05, 0) is 35.6 Å². The molecule has 1 N–H and O–H groups in total. The number of nitrogens with one attached hydrogen (secondary N) is 1. The van der Waals surface area contributed by atoms with E-state index in [4.69, 9.17) is 14.7 Å². The van der Waals surface area contributed by atoms with Gasteiger partial charge in [0.15, 0.2) is 5.13 Å². The van der Waals surface area contributed by atoms with Crippen molar-refractivity contribution < 1.29 is 9.66 Å². The zero-order valence-corrected chi connectivity index (χ0v) is 21.0. The Hall–Kier alpha value is -3.60. The van der Waals surface area contributed by atoms with Crippen molar-refractivity contribution in [3.05, 3.63) is 98.2 Å². The largest absolute Gasteiger partial charge is 0.496 e. The molecule has 1 atom stereocenters. The Morgan fingerprint density at radius 2 is 1.81 bits per heavy atom. The number of non-ortho nitro benzene ring substituents is 1. The number of ether oxygens (including phenoxy) is 1. The van der Waals surface area contributed by atoms with Gasteiger partial charge in [-0.2, -0.15) is 0 Å². The second kappa shape index (κ2) is 11.4. The lowest BCUT2D eigenvalue weighted by atomic mass is 10.0. The Morgan fingerprint density at radius 1 is 1.00 bits per heavy atom. The predicted octanol–water partition coefficient (Wildman–Crippen LogP) is 7.94. The lowest BCUT2D eigenvalue weighted by molar-refractivity contribution is -0.384. The van der Waals surface area contributed by atoms with Crippen LogP contribution in [-0.4, -0.2) is 22.0 Å². The molecule has 36 heavy (non-hydrogen) atoms. The number of methoxy groups -OCH3 is 1. The minimum atomic E-state index is -0.387. The van der Waals surface area contributed by atoms with Crippen molar-refractivity contribution in [2.75, 3.05) is 12.4 Å². The number of anilines is 1. The summed E-state index contributed by atoms with van der Waals surface area (Å²) in [5, 5.41) is 22.4. The maximum atomic E-state index is 11.0. The van der Waals surface area contributed by atoms with E-state index in [-0.39, 0.29) is 24.1 Å². The van der Waals surface area contributed by atoms with Crippen LogP contribution >= 0.6 is 34.0 Å². The molecule has 0 aliphatic carbocycles. The molecule has 0 saturated carbocycles. The minimum absolute atomic E-state index is 0. The summed E-state index contributed by atoms with van der Waals surface area (Å²) in [5.41, 5.74) is 3.72. The Bertz CT molecular complexity index is 1430. The number of benzene rings is 2. The van der Waals surface area contributed by atoms with E-state index in [1.165, 1.54) is 23.5 Å². The quantitative estimate of drug-likeness (QED) is 0.152. The van der Waals surface area contributed by atoms with Crippen molar-refractivity contribution in [3.8, 4) is 26.9 Å². The average Bonchev–Trinajstić information content (AvgIpc) is 3.66. The molecule has 0 spiro atoms. The molecule has 2 aromatic carbocycles. The van der Waals surface area contributed by atoms with Gasteiger partial charge in [0, 0.05) is 28.5 Å². The molecule has 0 aliphatic heterocycles. The molecule has 7 nitrogen and oxygen atoms in total. The molecule has 5 aromatic rings. The fraction of sp³-hybridized carbons (Fsp3) is 0.154. The first-order chi connectivity index (χ1) is 17.1. The number of thiazole rings is 2. The molecular weight excluding hydrogens is 513 g/mol. The first kappa shape index (κ1) is 25.5. The van der Waals surface area contributed by atoms with Crippen molar-refractivity contribution in [2.24, 2.45) is 0 Å². The minimum Gasteiger partial charge on any atom is -0.496 e. The molecule has 0 fully saturated rings. The number of thiophene rings is 1. The van der Waals surface area contributed by atoms with E-state index < -0.39 is 0 Å². The first-order valence-corrected chi connectivity index (χ1v) is 13.3. The number of nitrogens with zero attached hydrogens (tertiary/aromatic N) is 3. The molecule has 0 amide bonds. The van der Waals surface area contributed by atoms with E-state index in [0.29, 0.717) is 6.42 Å². The lowest BCUT2D eigenvalue weighted by Gasteiger charge is -2.16. The van der Waals surface area contributed by atoms with E-state index in [1.54, 1.807) is 41.9 Å². The second-order valence-corrected chi connectivity index (χ2v) is 10.3. The van der Waals surface area contributed by atoms with Gasteiger partial charge in [0.05, 0.1) is 34.3 Å². The van der Waals surface area contributed by atoms with Crippen LogP contribution in [0.4, 0.5) is 10.8 Å². The van der Waals surface area contributed by atoms with Crippen LogP contribution in [0.3, 0.4) is 0 Å². The van der Waals surface area contributed by atoms with Crippen LogP contribution in [0.2, 0.25) is 0 Å². The Kier molecular flexibility index (Phi) is 8.09. The van der Waals surface area contributed by atoms with E-state index >= 15 is 0 Å². The third-order valence-corrected chi connectivity index (χ3v) is 8.06. The second-order valence-electron chi connectivity index (χ2n) is 7.62. The fourth-order valence-electron chi connectivity index (χ4n) is 3.65. The SMILES string of the molecule is C.COc1ccccc1-c1csc(NC(Cc2ccc([N+](=O)[O-])cc2)c2csc(-c3cccs3)n2)n1. The lowest BCUT2D eigenvalue weighted by Crippen LogP contribution is -2.14. The summed E-state index contributed by atoms with van der Waals surface area (Å²) in [4.78, 5) is 21.5. The fourth-order valence-corrected chi connectivity index (χ4v) is 6.10. The van der Waals surface area contributed by atoms with Gasteiger partial charge in [0.1, 0.15) is 10.8 Å². The summed E-state index contributed by atoms with van der Waals surface area (Å²) in [6, 6.07) is 18.4. The molecule has 5 rings (SSSR count). The monoisotopic (exact) mass is 536 g/mol. The Labute approximate surface area is 221 Å². The number of nitro groups is 1. The standard InChI is InChI=1S/C25H20N4O3S3.CH4/c1-32-22-6-3-2-5-18(22)20-14-35-25(28-20)27-19(13-16-8-10-17(11-9-16)29(30)31)21-15-34-24(26-21)23-7-4-12-33-23;/h2-12,14-15,19H,13H2,1H3,(H,27,28);1H4. The van der Waals surface area contributed by atoms with Crippen LogP contribution in [0.15, 0.2) is 76.8 Å². The number of hydrogen-bond donors (Lipinski definition) is 1. The van der Waals surface area contributed by atoms with Gasteiger partial charge in [-0.1, -0.05) is 37.8 Å². The van der Waals surface area contributed by atoms with E-state index in [1.807, 2.05) is 41.1 Å². The zero-order chi connectivity index (χ0) is 24.2. The molecule has 1 unspecified atom stereocenters. The van der Waals surface area contributed by atoms with Crippen LogP contribution in [0, 0.1) is 10.1 Å². The Morgan fingerprint density at radius 3 is 2.53 bits per heavy atom. The highest BCUT2D eigenvalue weighted by Crippen LogP contribution is 2.35. The highest BCUT2D eigenvalue weighted by Gasteiger charge is 2.20. The van der Waals surface area contributed by atoms with Gasteiger partial charge < -0.3 is 10.1 Å². The number of hydrogen-bond acceptors (Lipinski definition) is 9. The summed E-state index contributed by atoms with van der Waals surface area (Å²) in [6.45, 7) is 0. The van der Waals surface area contributed by atoms with Gasteiger partial charge in [0.2, 0.25) is 0 Å². The summed E-state index contributed by atoms with van der Waals surface area (Å²) >= 11 is 4.78. The first-order valence-electron chi connectivity index (χ1n) is 10.7. The number of aromatic nitrogens is 2. The molecule has 0 radical (unpaired) electrons. The van der Waals surface area contributed by atoms with Crippen LogP contribution in [0.5, 0.6) is 5.75 Å². The Balaban J connectivity index is 0.00000304. The van der Waals surface area contributed by atoms with Crippen LogP contribution in [-0.2, 0) is 6.42 Å². The van der Waals surface area contributed by atoms with Gasteiger partial charge in [-0.15, -0.1) is 34.0 Å². The highest BCUT2D eigenvalue weighted by atomic mass is 32.1. The van der Waals surface area contributed by atoms with Gasteiger partial charge in [0.25, 0.3) is 5.69 Å². The van der Waals surface area contributed by atoms with Gasteiger partial charge >= 0.3 is 0 Å². The van der Waals surface area contributed by atoms with E-state index in [2.05, 4.69) is 16.8 Å². The van der Waals surface area contributed by atoms with Crippen molar-refractivity contribution in [3.63, 3.8) is 0 Å². The number of nitro benzene ring substituents is 1. The molecule has 0 saturated heterocycles. The molecule has 0 bridgehead atoms. The highest BCUT2D eigenvalue weighted by molar-refractivity contribution is 7.20. The smallest absolute Gasteiger partial charge is 0.269 e. The molecule has 3 aromatic heterocycles. The molecule has 184 valence electrons. The van der Waals surface area contributed by atoms with Crippen molar-refractivity contribution in [1.29, 1.82) is 0 Å². The summed E-state index contributed by atoms with van der Waals surface area (Å²) < 4.78 is 5.49. The number of rotatable bonds is 9. The zero-order valence-electron chi connectivity index (χ0n) is 18.6. The maximum Gasteiger partial charge on any atom is 0.269 e.